The summed E-state index contributed by atoms with van der Waals surface area (Å²) in [4.78, 5) is 24.2. The SMILES string of the molecule is Cc1ccc(NC(=O)c2ccc(-c3cc(C(F)(F)F)nn3-c3ccccc3Cl)cc2)c(C(=O)O)c1. The second-order valence-corrected chi connectivity index (χ2v) is 8.07. The highest BCUT2D eigenvalue weighted by Crippen LogP contribution is 2.34. The topological polar surface area (TPSA) is 84.2 Å². The fraction of sp³-hybridized carbons (Fsp3) is 0.0800. The van der Waals surface area contributed by atoms with E-state index in [2.05, 4.69) is 10.4 Å². The summed E-state index contributed by atoms with van der Waals surface area (Å²) >= 11 is 6.19. The maximum atomic E-state index is 13.4. The molecule has 0 aliphatic heterocycles. The van der Waals surface area contributed by atoms with Gasteiger partial charge < -0.3 is 10.4 Å². The fourth-order valence-electron chi connectivity index (χ4n) is 3.46. The third kappa shape index (κ3) is 5.04. The maximum Gasteiger partial charge on any atom is 0.435 e. The number of nitrogens with one attached hydrogen (secondary N) is 1. The smallest absolute Gasteiger partial charge is 0.435 e. The minimum Gasteiger partial charge on any atom is -0.478 e. The number of alkyl halides is 3. The van der Waals surface area contributed by atoms with Crippen LogP contribution in [0.4, 0.5) is 18.9 Å². The maximum absolute atomic E-state index is 13.4. The van der Waals surface area contributed by atoms with Crippen LogP contribution in [0.15, 0.2) is 72.8 Å². The molecule has 1 heterocycles. The lowest BCUT2D eigenvalue weighted by atomic mass is 10.1. The van der Waals surface area contributed by atoms with Crippen molar-refractivity contribution in [2.75, 3.05) is 5.32 Å². The second-order valence-electron chi connectivity index (χ2n) is 7.66. The van der Waals surface area contributed by atoms with E-state index < -0.39 is 23.7 Å². The number of rotatable bonds is 5. The zero-order valence-electron chi connectivity index (χ0n) is 18.1. The van der Waals surface area contributed by atoms with Gasteiger partial charge in [0.15, 0.2) is 5.69 Å². The minimum atomic E-state index is -4.67. The molecule has 0 aliphatic carbocycles. The lowest BCUT2D eigenvalue weighted by Gasteiger charge is -2.11. The molecule has 1 aromatic heterocycles. The van der Waals surface area contributed by atoms with Crippen molar-refractivity contribution in [2.45, 2.75) is 13.1 Å². The lowest BCUT2D eigenvalue weighted by molar-refractivity contribution is -0.141. The van der Waals surface area contributed by atoms with Gasteiger partial charge in [-0.2, -0.15) is 18.3 Å². The largest absolute Gasteiger partial charge is 0.478 e. The number of hydrogen-bond acceptors (Lipinski definition) is 3. The molecule has 2 N–H and O–H groups in total. The van der Waals surface area contributed by atoms with Crippen LogP contribution in [0.2, 0.25) is 5.02 Å². The van der Waals surface area contributed by atoms with Crippen LogP contribution in [0.25, 0.3) is 16.9 Å². The van der Waals surface area contributed by atoms with Crippen molar-refractivity contribution in [2.24, 2.45) is 0 Å². The van der Waals surface area contributed by atoms with Gasteiger partial charge in [0.1, 0.15) is 0 Å². The number of aromatic carboxylic acids is 1. The molecule has 178 valence electrons. The van der Waals surface area contributed by atoms with Crippen molar-refractivity contribution >= 4 is 29.2 Å². The van der Waals surface area contributed by atoms with Gasteiger partial charge in [0.05, 0.1) is 27.7 Å². The molecule has 0 bridgehead atoms. The summed E-state index contributed by atoms with van der Waals surface area (Å²) in [7, 11) is 0. The molecule has 10 heteroatoms. The molecule has 6 nitrogen and oxygen atoms in total. The average molecular weight is 500 g/mol. The zero-order chi connectivity index (χ0) is 25.3. The highest BCUT2D eigenvalue weighted by Gasteiger charge is 2.35. The molecule has 1 amide bonds. The van der Waals surface area contributed by atoms with Crippen molar-refractivity contribution < 1.29 is 27.9 Å². The third-order valence-corrected chi connectivity index (χ3v) is 5.50. The van der Waals surface area contributed by atoms with E-state index in [0.29, 0.717) is 5.56 Å². The van der Waals surface area contributed by atoms with Crippen LogP contribution in [0.5, 0.6) is 0 Å². The van der Waals surface area contributed by atoms with E-state index in [0.717, 1.165) is 16.3 Å². The van der Waals surface area contributed by atoms with Gasteiger partial charge in [0, 0.05) is 11.1 Å². The molecule has 3 aromatic carbocycles. The summed E-state index contributed by atoms with van der Waals surface area (Å²) in [5.41, 5.74) is 0.651. The standard InChI is InChI=1S/C25H17ClF3N3O3/c1-14-6-11-19(17(12-14)24(34)35)30-23(33)16-9-7-15(8-10-16)21-13-22(25(27,28)29)31-32(21)20-5-3-2-4-18(20)26/h2-13H,1H3,(H,30,33)(H,34,35). The van der Waals surface area contributed by atoms with Crippen LogP contribution in [-0.2, 0) is 6.18 Å². The van der Waals surface area contributed by atoms with Crippen LogP contribution in [0, 0.1) is 6.92 Å². The normalized spacial score (nSPS) is 11.3. The number of amides is 1. The third-order valence-electron chi connectivity index (χ3n) is 5.18. The molecular formula is C25H17ClF3N3O3. The summed E-state index contributed by atoms with van der Waals surface area (Å²) in [5.74, 6) is -1.76. The van der Waals surface area contributed by atoms with Crippen molar-refractivity contribution in [1.29, 1.82) is 0 Å². The predicted octanol–water partition coefficient (Wildman–Crippen LogP) is 6.47. The fourth-order valence-corrected chi connectivity index (χ4v) is 3.68. The molecule has 0 spiro atoms. The number of halogens is 4. The molecule has 4 rings (SSSR count). The number of aromatic nitrogens is 2. The van der Waals surface area contributed by atoms with E-state index in [1.54, 1.807) is 37.3 Å². The highest BCUT2D eigenvalue weighted by atomic mass is 35.5. The number of benzene rings is 3. The van der Waals surface area contributed by atoms with Gasteiger partial charge in [0.25, 0.3) is 5.91 Å². The van der Waals surface area contributed by atoms with Crippen LogP contribution >= 0.6 is 11.6 Å². The first-order chi connectivity index (χ1) is 16.5. The van der Waals surface area contributed by atoms with E-state index >= 15 is 0 Å². The average Bonchev–Trinajstić information content (AvgIpc) is 3.26. The first kappa shape index (κ1) is 24.0. The van der Waals surface area contributed by atoms with Gasteiger partial charge in [0.2, 0.25) is 0 Å². The van der Waals surface area contributed by atoms with Crippen molar-refractivity contribution in [3.8, 4) is 16.9 Å². The van der Waals surface area contributed by atoms with Gasteiger partial charge in [-0.25, -0.2) is 9.48 Å². The summed E-state index contributed by atoms with van der Waals surface area (Å²) in [6, 6.07) is 17.7. The monoisotopic (exact) mass is 499 g/mol. The Kier molecular flexibility index (Phi) is 6.36. The molecule has 0 radical (unpaired) electrons. The summed E-state index contributed by atoms with van der Waals surface area (Å²) in [5, 5.41) is 15.9. The Morgan fingerprint density at radius 1 is 1.00 bits per heavy atom. The number of hydrogen-bond donors (Lipinski definition) is 2. The van der Waals surface area contributed by atoms with Gasteiger partial charge in [-0.05, 0) is 49.4 Å². The Hall–Kier alpha value is -4.11. The molecule has 35 heavy (non-hydrogen) atoms. The van der Waals surface area contributed by atoms with Crippen molar-refractivity contribution in [3.63, 3.8) is 0 Å². The quantitative estimate of drug-likeness (QED) is 0.329. The van der Waals surface area contributed by atoms with E-state index in [-0.39, 0.29) is 33.2 Å². The second kappa shape index (κ2) is 9.27. The zero-order valence-corrected chi connectivity index (χ0v) is 18.9. The summed E-state index contributed by atoms with van der Waals surface area (Å²) in [6.07, 6.45) is -4.67. The van der Waals surface area contributed by atoms with Crippen LogP contribution < -0.4 is 5.32 Å². The van der Waals surface area contributed by atoms with Crippen LogP contribution in [0.3, 0.4) is 0 Å². The number of carbonyl (C=O) groups is 2. The van der Waals surface area contributed by atoms with E-state index in [9.17, 15) is 27.9 Å². The van der Waals surface area contributed by atoms with E-state index in [1.165, 1.54) is 36.4 Å². The molecule has 0 fully saturated rings. The van der Waals surface area contributed by atoms with Gasteiger partial charge >= 0.3 is 12.1 Å². The first-order valence-corrected chi connectivity index (χ1v) is 10.6. The Bertz CT molecular complexity index is 1430. The molecular weight excluding hydrogens is 483 g/mol. The summed E-state index contributed by atoms with van der Waals surface area (Å²) < 4.78 is 41.3. The Balaban J connectivity index is 1.68. The molecule has 0 atom stereocenters. The molecule has 0 aliphatic rings. The summed E-state index contributed by atoms with van der Waals surface area (Å²) in [6.45, 7) is 1.73. The van der Waals surface area contributed by atoms with Crippen LogP contribution in [0.1, 0.15) is 32.0 Å². The van der Waals surface area contributed by atoms with E-state index in [1.807, 2.05) is 0 Å². The van der Waals surface area contributed by atoms with Crippen LogP contribution in [-0.4, -0.2) is 26.8 Å². The number of carboxylic acid groups (broad SMARTS) is 1. The molecule has 4 aromatic rings. The number of carbonyl (C=O) groups excluding carboxylic acids is 1. The van der Waals surface area contributed by atoms with Crippen molar-refractivity contribution in [3.05, 3.63) is 100 Å². The predicted molar refractivity (Wildman–Crippen MR) is 125 cm³/mol. The number of anilines is 1. The Morgan fingerprint density at radius 3 is 2.31 bits per heavy atom. The highest BCUT2D eigenvalue weighted by molar-refractivity contribution is 6.32. The van der Waals surface area contributed by atoms with E-state index in [4.69, 9.17) is 11.6 Å². The van der Waals surface area contributed by atoms with Gasteiger partial charge in [-0.1, -0.05) is 47.5 Å². The first-order valence-electron chi connectivity index (χ1n) is 10.2. The number of para-hydroxylation sites is 1. The number of aryl methyl sites for hydroxylation is 1. The minimum absolute atomic E-state index is 0.0571. The molecule has 0 saturated carbocycles. The Morgan fingerprint density at radius 2 is 1.69 bits per heavy atom. The number of nitrogens with zero attached hydrogens (tertiary/aromatic N) is 2. The Labute approximate surface area is 202 Å². The molecule has 0 unspecified atom stereocenters. The van der Waals surface area contributed by atoms with Gasteiger partial charge in [-0.15, -0.1) is 0 Å². The van der Waals surface area contributed by atoms with Gasteiger partial charge in [-0.3, -0.25) is 4.79 Å². The lowest BCUT2D eigenvalue weighted by Crippen LogP contribution is -2.15. The van der Waals surface area contributed by atoms with Crippen molar-refractivity contribution in [1.82, 2.24) is 9.78 Å². The number of carboxylic acids is 1. The molecule has 0 saturated heterocycles.